The van der Waals surface area contributed by atoms with Gasteiger partial charge in [0.1, 0.15) is 0 Å². The fourth-order valence-corrected chi connectivity index (χ4v) is 3.80. The maximum atomic E-state index is 12.4. The number of ether oxygens (including phenoxy) is 1. The van der Waals surface area contributed by atoms with Gasteiger partial charge in [-0.25, -0.2) is 4.98 Å². The van der Waals surface area contributed by atoms with Crippen molar-refractivity contribution in [3.8, 4) is 17.3 Å². The number of nitrogens with zero attached hydrogens (tertiary/aromatic N) is 4. The Morgan fingerprint density at radius 2 is 2.00 bits per heavy atom. The van der Waals surface area contributed by atoms with Crippen molar-refractivity contribution in [3.63, 3.8) is 0 Å². The lowest BCUT2D eigenvalue weighted by Crippen LogP contribution is -2.25. The summed E-state index contributed by atoms with van der Waals surface area (Å²) in [5.74, 6) is 1.58. The number of rotatable bonds is 10. The number of benzene rings is 1. The lowest BCUT2D eigenvalue weighted by molar-refractivity contribution is -0.118. The third kappa shape index (κ3) is 5.38. The Bertz CT molecular complexity index is 989. The Hall–Kier alpha value is -2.87. The van der Waals surface area contributed by atoms with Gasteiger partial charge in [0, 0.05) is 30.4 Å². The van der Waals surface area contributed by atoms with Crippen LogP contribution >= 0.6 is 11.8 Å². The first-order chi connectivity index (χ1) is 14.6. The average molecular weight is 426 g/mol. The number of carbonyl (C=O) groups excluding carboxylic acids is 1. The molecule has 0 aliphatic carbocycles. The van der Waals surface area contributed by atoms with Crippen LogP contribution in [0.1, 0.15) is 31.4 Å². The summed E-state index contributed by atoms with van der Waals surface area (Å²) in [4.78, 5) is 16.6. The van der Waals surface area contributed by atoms with Crippen LogP contribution in [-0.4, -0.2) is 38.0 Å². The van der Waals surface area contributed by atoms with Crippen molar-refractivity contribution >= 4 is 17.7 Å². The molecule has 1 amide bonds. The van der Waals surface area contributed by atoms with E-state index < -0.39 is 0 Å². The second-order valence-electron chi connectivity index (χ2n) is 6.75. The number of pyridine rings is 1. The normalized spacial score (nSPS) is 10.8. The molecule has 0 fully saturated rings. The molecular formula is C22H27N5O2S. The summed E-state index contributed by atoms with van der Waals surface area (Å²) >= 11 is 1.38. The number of hydrogen-bond acceptors (Lipinski definition) is 6. The summed E-state index contributed by atoms with van der Waals surface area (Å²) in [6.45, 7) is 7.86. The summed E-state index contributed by atoms with van der Waals surface area (Å²) in [6.07, 6.45) is 2.59. The largest absolute Gasteiger partial charge is 0.477 e. The first kappa shape index (κ1) is 21.8. The molecule has 0 atom stereocenters. The van der Waals surface area contributed by atoms with Crippen molar-refractivity contribution < 1.29 is 9.53 Å². The molecule has 7 nitrogen and oxygen atoms in total. The molecule has 8 heteroatoms. The molecule has 2 heterocycles. The van der Waals surface area contributed by atoms with Crippen molar-refractivity contribution in [1.29, 1.82) is 0 Å². The number of carbonyl (C=O) groups is 1. The lowest BCUT2D eigenvalue weighted by atomic mass is 10.1. The summed E-state index contributed by atoms with van der Waals surface area (Å²) < 4.78 is 7.68. The van der Waals surface area contributed by atoms with Gasteiger partial charge in [0.2, 0.25) is 11.8 Å². The van der Waals surface area contributed by atoms with Crippen LogP contribution in [0.5, 0.6) is 5.88 Å². The fraction of sp³-hybridized carbons (Fsp3) is 0.364. The summed E-state index contributed by atoms with van der Waals surface area (Å²) in [5.41, 5.74) is 3.06. The van der Waals surface area contributed by atoms with Gasteiger partial charge in [0.15, 0.2) is 11.0 Å². The highest BCUT2D eigenvalue weighted by molar-refractivity contribution is 7.99. The predicted molar refractivity (Wildman–Crippen MR) is 118 cm³/mol. The maximum absolute atomic E-state index is 12.4. The van der Waals surface area contributed by atoms with Crippen molar-refractivity contribution in [2.45, 2.75) is 45.4 Å². The first-order valence-corrected chi connectivity index (χ1v) is 11.1. The molecule has 0 radical (unpaired) electrons. The third-order valence-electron chi connectivity index (χ3n) is 4.52. The maximum Gasteiger partial charge on any atom is 0.230 e. The fourth-order valence-electron chi connectivity index (χ4n) is 2.97. The molecule has 0 bridgehead atoms. The minimum Gasteiger partial charge on any atom is -0.477 e. The number of aromatic nitrogens is 4. The zero-order chi connectivity index (χ0) is 21.3. The van der Waals surface area contributed by atoms with Gasteiger partial charge in [-0.05, 0) is 31.9 Å². The molecule has 0 unspecified atom stereocenters. The van der Waals surface area contributed by atoms with Gasteiger partial charge < -0.3 is 14.6 Å². The van der Waals surface area contributed by atoms with E-state index in [2.05, 4.69) is 40.4 Å². The van der Waals surface area contributed by atoms with Crippen LogP contribution in [0, 0.1) is 6.92 Å². The molecule has 1 N–H and O–H groups in total. The number of hydrogen-bond donors (Lipinski definition) is 1. The highest BCUT2D eigenvalue weighted by Crippen LogP contribution is 2.26. The Morgan fingerprint density at radius 3 is 2.77 bits per heavy atom. The van der Waals surface area contributed by atoms with Gasteiger partial charge >= 0.3 is 0 Å². The highest BCUT2D eigenvalue weighted by Gasteiger charge is 2.16. The van der Waals surface area contributed by atoms with Crippen LogP contribution in [0.2, 0.25) is 0 Å². The van der Waals surface area contributed by atoms with E-state index in [0.717, 1.165) is 40.6 Å². The van der Waals surface area contributed by atoms with E-state index in [-0.39, 0.29) is 11.7 Å². The van der Waals surface area contributed by atoms with Crippen molar-refractivity contribution in [3.05, 3.63) is 53.7 Å². The predicted octanol–water partition coefficient (Wildman–Crippen LogP) is 3.87. The van der Waals surface area contributed by atoms with E-state index in [4.69, 9.17) is 4.74 Å². The van der Waals surface area contributed by atoms with Crippen molar-refractivity contribution in [2.75, 3.05) is 12.4 Å². The third-order valence-corrected chi connectivity index (χ3v) is 5.49. The SMILES string of the molecule is CCCOc1ncccc1CNC(=O)CSc1nnc(-c2ccccc2C)n1CC. The molecule has 30 heavy (non-hydrogen) atoms. The van der Waals surface area contributed by atoms with E-state index in [1.54, 1.807) is 6.20 Å². The molecule has 2 aromatic heterocycles. The molecule has 3 aromatic rings. The number of nitrogens with one attached hydrogen (secondary N) is 1. The van der Waals surface area contributed by atoms with Gasteiger partial charge in [0.25, 0.3) is 0 Å². The molecule has 3 rings (SSSR count). The topological polar surface area (TPSA) is 81.9 Å². The minimum absolute atomic E-state index is 0.0756. The molecule has 0 aliphatic rings. The molecule has 0 spiro atoms. The smallest absolute Gasteiger partial charge is 0.230 e. The van der Waals surface area contributed by atoms with E-state index in [1.807, 2.05) is 41.8 Å². The molecule has 1 aromatic carbocycles. The second kappa shape index (κ2) is 10.8. The molecular weight excluding hydrogens is 398 g/mol. The van der Waals surface area contributed by atoms with Crippen LogP contribution in [0.15, 0.2) is 47.8 Å². The Labute approximate surface area is 181 Å². The van der Waals surface area contributed by atoms with Crippen LogP contribution in [0.4, 0.5) is 0 Å². The molecule has 158 valence electrons. The molecule has 0 saturated heterocycles. The number of aryl methyl sites for hydroxylation is 1. The Balaban J connectivity index is 1.60. The van der Waals surface area contributed by atoms with Crippen LogP contribution in [0.25, 0.3) is 11.4 Å². The first-order valence-electron chi connectivity index (χ1n) is 10.1. The summed E-state index contributed by atoms with van der Waals surface area (Å²) in [6, 6.07) is 11.8. The van der Waals surface area contributed by atoms with E-state index in [9.17, 15) is 4.79 Å². The molecule has 0 saturated carbocycles. The highest BCUT2D eigenvalue weighted by atomic mass is 32.2. The lowest BCUT2D eigenvalue weighted by Gasteiger charge is -2.11. The van der Waals surface area contributed by atoms with Gasteiger partial charge in [-0.1, -0.05) is 49.0 Å². The van der Waals surface area contributed by atoms with Gasteiger partial charge in [-0.3, -0.25) is 4.79 Å². The number of thioether (sulfide) groups is 1. The van der Waals surface area contributed by atoms with E-state index >= 15 is 0 Å². The van der Waals surface area contributed by atoms with Crippen LogP contribution in [0.3, 0.4) is 0 Å². The van der Waals surface area contributed by atoms with Crippen LogP contribution in [-0.2, 0) is 17.9 Å². The Kier molecular flexibility index (Phi) is 7.84. The molecule has 0 aliphatic heterocycles. The summed E-state index contributed by atoms with van der Waals surface area (Å²) in [7, 11) is 0. The second-order valence-corrected chi connectivity index (χ2v) is 7.69. The van der Waals surface area contributed by atoms with E-state index in [1.165, 1.54) is 11.8 Å². The monoisotopic (exact) mass is 425 g/mol. The van der Waals surface area contributed by atoms with Gasteiger partial charge in [-0.2, -0.15) is 0 Å². The van der Waals surface area contributed by atoms with Crippen molar-refractivity contribution in [2.24, 2.45) is 0 Å². The number of amides is 1. The van der Waals surface area contributed by atoms with E-state index in [0.29, 0.717) is 19.0 Å². The quantitative estimate of drug-likeness (QED) is 0.497. The minimum atomic E-state index is -0.0756. The zero-order valence-electron chi connectivity index (χ0n) is 17.6. The van der Waals surface area contributed by atoms with Gasteiger partial charge in [0.05, 0.1) is 12.4 Å². The van der Waals surface area contributed by atoms with Crippen LogP contribution < -0.4 is 10.1 Å². The summed E-state index contributed by atoms with van der Waals surface area (Å²) in [5, 5.41) is 12.3. The van der Waals surface area contributed by atoms with Gasteiger partial charge in [-0.15, -0.1) is 10.2 Å². The van der Waals surface area contributed by atoms with Crippen molar-refractivity contribution in [1.82, 2.24) is 25.1 Å². The average Bonchev–Trinajstić information content (AvgIpc) is 3.18. The Morgan fingerprint density at radius 1 is 1.17 bits per heavy atom. The zero-order valence-corrected chi connectivity index (χ0v) is 18.4. The standard InChI is InChI=1S/C22H27N5O2S/c1-4-13-29-21-17(10-8-12-23-21)14-24-19(28)15-30-22-26-25-20(27(22)5-2)18-11-7-6-9-16(18)3/h6-12H,4-5,13-15H2,1-3H3,(H,24,28).